The number of rotatable bonds is 1. The fourth-order valence-corrected chi connectivity index (χ4v) is 4.34. The lowest BCUT2D eigenvalue weighted by atomic mass is 10.1. The lowest BCUT2D eigenvalue weighted by Gasteiger charge is -2.38. The van der Waals surface area contributed by atoms with Crippen molar-refractivity contribution in [2.24, 2.45) is 0 Å². The van der Waals surface area contributed by atoms with Crippen LogP contribution in [-0.4, -0.2) is 62.1 Å². The number of anilines is 1. The molecule has 5 rings (SSSR count). The summed E-state index contributed by atoms with van der Waals surface area (Å²) in [6.07, 6.45) is -2.25. The van der Waals surface area contributed by atoms with Gasteiger partial charge in [-0.25, -0.2) is 4.98 Å². The first kappa shape index (κ1) is 16.9. The summed E-state index contributed by atoms with van der Waals surface area (Å²) in [5.74, 6) is 0.579. The molecule has 0 aliphatic carbocycles. The Kier molecular flexibility index (Phi) is 3.70. The molecule has 0 bridgehead atoms. The number of aromatic nitrogens is 5. The molecule has 2 aliphatic rings. The van der Waals surface area contributed by atoms with E-state index >= 15 is 0 Å². The van der Waals surface area contributed by atoms with Gasteiger partial charge in [-0.2, -0.15) is 17.7 Å². The fraction of sp³-hybridized carbons (Fsp3) is 0.500. The normalized spacial score (nSPS) is 21.3. The first-order valence-electron chi connectivity index (χ1n) is 8.69. The van der Waals surface area contributed by atoms with Gasteiger partial charge in [0, 0.05) is 25.7 Å². The summed E-state index contributed by atoms with van der Waals surface area (Å²) in [6.45, 7) is 3.61. The highest BCUT2D eigenvalue weighted by molar-refractivity contribution is 6.32. The molecule has 4 heterocycles. The minimum Gasteiger partial charge on any atom is -0.351 e. The van der Waals surface area contributed by atoms with E-state index in [-0.39, 0.29) is 10.5 Å². The maximum Gasteiger partial charge on any atom is 0.417 e. The first-order valence-corrected chi connectivity index (χ1v) is 9.07. The minimum absolute atomic E-state index is 0.176. The molecule has 0 amide bonds. The van der Waals surface area contributed by atoms with Gasteiger partial charge in [-0.1, -0.05) is 11.6 Å². The van der Waals surface area contributed by atoms with E-state index in [1.807, 2.05) is 0 Å². The van der Waals surface area contributed by atoms with Gasteiger partial charge in [0.1, 0.15) is 0 Å². The molecule has 0 N–H and O–H groups in total. The lowest BCUT2D eigenvalue weighted by molar-refractivity contribution is -0.137. The zero-order chi connectivity index (χ0) is 18.8. The average molecular weight is 398 g/mol. The molecule has 2 aromatic heterocycles. The van der Waals surface area contributed by atoms with E-state index in [2.05, 4.69) is 30.3 Å². The zero-order valence-corrected chi connectivity index (χ0v) is 14.9. The number of benzene rings is 1. The third-order valence-electron chi connectivity index (χ3n) is 5.38. The number of alkyl halides is 3. The molecule has 0 saturated carbocycles. The van der Waals surface area contributed by atoms with Crippen molar-refractivity contribution in [3.05, 3.63) is 22.7 Å². The second-order valence-electron chi connectivity index (χ2n) is 6.95. The first-order chi connectivity index (χ1) is 12.9. The summed E-state index contributed by atoms with van der Waals surface area (Å²) in [7, 11) is 0. The third kappa shape index (κ3) is 2.69. The van der Waals surface area contributed by atoms with E-state index < -0.39 is 11.7 Å². The minimum atomic E-state index is -4.57. The van der Waals surface area contributed by atoms with E-state index in [1.54, 1.807) is 0 Å². The monoisotopic (exact) mass is 397 g/mol. The number of halogens is 4. The van der Waals surface area contributed by atoms with Gasteiger partial charge in [-0.3, -0.25) is 4.90 Å². The Morgan fingerprint density at radius 1 is 1.15 bits per heavy atom. The van der Waals surface area contributed by atoms with E-state index in [0.29, 0.717) is 23.0 Å². The maximum absolute atomic E-state index is 13.2. The van der Waals surface area contributed by atoms with Crippen LogP contribution in [-0.2, 0) is 6.18 Å². The Morgan fingerprint density at radius 2 is 2.00 bits per heavy atom. The van der Waals surface area contributed by atoms with Crippen LogP contribution < -0.4 is 4.90 Å². The Morgan fingerprint density at radius 3 is 2.81 bits per heavy atom. The summed E-state index contributed by atoms with van der Waals surface area (Å²) in [4.78, 5) is 9.17. The molecule has 0 spiro atoms. The van der Waals surface area contributed by atoms with Crippen molar-refractivity contribution in [2.45, 2.75) is 25.1 Å². The van der Waals surface area contributed by atoms with Gasteiger partial charge in [0.25, 0.3) is 0 Å². The van der Waals surface area contributed by atoms with Crippen LogP contribution in [0.3, 0.4) is 0 Å². The van der Waals surface area contributed by atoms with Gasteiger partial charge < -0.3 is 4.90 Å². The summed E-state index contributed by atoms with van der Waals surface area (Å²) in [6, 6.07) is 2.64. The van der Waals surface area contributed by atoms with Crippen LogP contribution in [0.5, 0.6) is 0 Å². The lowest BCUT2D eigenvalue weighted by Crippen LogP contribution is -2.50. The van der Waals surface area contributed by atoms with Crippen molar-refractivity contribution < 1.29 is 13.2 Å². The summed E-state index contributed by atoms with van der Waals surface area (Å²) < 4.78 is 41.0. The quantitative estimate of drug-likeness (QED) is 0.629. The van der Waals surface area contributed by atoms with Crippen LogP contribution in [0.1, 0.15) is 18.4 Å². The number of piperazine rings is 1. The molecule has 1 aromatic carbocycles. The topological polar surface area (TPSA) is 62.5 Å². The van der Waals surface area contributed by atoms with Crippen molar-refractivity contribution in [2.75, 3.05) is 31.1 Å². The molecule has 27 heavy (non-hydrogen) atoms. The van der Waals surface area contributed by atoms with Crippen molar-refractivity contribution in [1.29, 1.82) is 0 Å². The molecule has 11 heteroatoms. The van der Waals surface area contributed by atoms with E-state index in [4.69, 9.17) is 11.6 Å². The highest BCUT2D eigenvalue weighted by Gasteiger charge is 2.35. The number of hydrogen-bond donors (Lipinski definition) is 0. The summed E-state index contributed by atoms with van der Waals surface area (Å²) >= 11 is 5.88. The van der Waals surface area contributed by atoms with Crippen LogP contribution in [0.15, 0.2) is 12.1 Å². The summed E-state index contributed by atoms with van der Waals surface area (Å²) in [5, 5.41) is 11.2. The van der Waals surface area contributed by atoms with Crippen LogP contribution in [0.4, 0.5) is 19.0 Å². The van der Waals surface area contributed by atoms with Gasteiger partial charge in [-0.05, 0) is 41.9 Å². The molecule has 1 atom stereocenters. The number of hydrogen-bond acceptors (Lipinski definition) is 6. The molecule has 7 nitrogen and oxygen atoms in total. The molecule has 0 radical (unpaired) electrons. The molecular formula is C16H15ClF3N7. The highest BCUT2D eigenvalue weighted by Crippen LogP contribution is 2.37. The van der Waals surface area contributed by atoms with Crippen molar-refractivity contribution >= 4 is 34.1 Å². The SMILES string of the molecule is FC(F)(F)c1cc2c(cc1Cl)nc(N1CCN3CCCC3C1)c1nnnn12. The Hall–Kier alpha value is -2.20. The van der Waals surface area contributed by atoms with Crippen molar-refractivity contribution in [3.8, 4) is 0 Å². The van der Waals surface area contributed by atoms with Gasteiger partial charge in [0.15, 0.2) is 5.82 Å². The molecule has 1 unspecified atom stereocenters. The van der Waals surface area contributed by atoms with Gasteiger partial charge in [-0.15, -0.1) is 5.10 Å². The van der Waals surface area contributed by atoms with E-state index in [0.717, 1.165) is 38.7 Å². The predicted octanol–water partition coefficient (Wildman–Crippen LogP) is 2.63. The van der Waals surface area contributed by atoms with Crippen LogP contribution in [0.2, 0.25) is 5.02 Å². The molecule has 142 valence electrons. The Bertz CT molecular complexity index is 1030. The van der Waals surface area contributed by atoms with E-state index in [1.165, 1.54) is 17.0 Å². The average Bonchev–Trinajstić information content (AvgIpc) is 3.28. The Labute approximate surface area is 156 Å². The van der Waals surface area contributed by atoms with Crippen LogP contribution >= 0.6 is 11.6 Å². The zero-order valence-electron chi connectivity index (χ0n) is 14.1. The molecule has 2 aliphatic heterocycles. The maximum atomic E-state index is 13.2. The second-order valence-corrected chi connectivity index (χ2v) is 7.35. The highest BCUT2D eigenvalue weighted by atomic mass is 35.5. The standard InChI is InChI=1S/C16H15ClF3N7/c17-11-7-12-13(6-10(11)16(18,19)20)27-15(22-23-24-27)14(21-12)26-5-4-25-3-1-2-9(25)8-26/h6-7,9H,1-5,8H2. The summed E-state index contributed by atoms with van der Waals surface area (Å²) in [5.41, 5.74) is -0.0707. The van der Waals surface area contributed by atoms with E-state index in [9.17, 15) is 13.2 Å². The second kappa shape index (κ2) is 5.90. The van der Waals surface area contributed by atoms with Crippen molar-refractivity contribution in [3.63, 3.8) is 0 Å². The largest absolute Gasteiger partial charge is 0.417 e. The molecular weight excluding hydrogens is 383 g/mol. The number of tetrazole rings is 1. The third-order valence-corrected chi connectivity index (χ3v) is 5.69. The molecule has 3 aromatic rings. The van der Waals surface area contributed by atoms with Gasteiger partial charge in [0.2, 0.25) is 5.65 Å². The smallest absolute Gasteiger partial charge is 0.351 e. The number of nitrogens with zero attached hydrogens (tertiary/aromatic N) is 7. The van der Waals surface area contributed by atoms with Crippen molar-refractivity contribution in [1.82, 2.24) is 29.9 Å². The fourth-order valence-electron chi connectivity index (χ4n) is 4.08. The van der Waals surface area contributed by atoms with Crippen LogP contribution in [0.25, 0.3) is 16.7 Å². The Balaban J connectivity index is 1.66. The van der Waals surface area contributed by atoms with Gasteiger partial charge >= 0.3 is 6.18 Å². The number of fused-ring (bicyclic) bond motifs is 4. The predicted molar refractivity (Wildman–Crippen MR) is 92.9 cm³/mol. The van der Waals surface area contributed by atoms with Gasteiger partial charge in [0.05, 0.1) is 21.6 Å². The molecule has 2 fully saturated rings. The molecule has 2 saturated heterocycles. The van der Waals surface area contributed by atoms with Crippen LogP contribution in [0, 0.1) is 0 Å².